The predicted octanol–water partition coefficient (Wildman–Crippen LogP) is 2.69. The predicted molar refractivity (Wildman–Crippen MR) is 109 cm³/mol. The number of piperidine rings is 1. The molecule has 2 heterocycles. The molecule has 3 rings (SSSR count). The number of rotatable bonds is 4. The Bertz CT molecular complexity index is 899. The molecule has 0 unspecified atom stereocenters. The fourth-order valence-electron chi connectivity index (χ4n) is 3.57. The van der Waals surface area contributed by atoms with E-state index < -0.39 is 0 Å². The molecule has 0 bridgehead atoms. The van der Waals surface area contributed by atoms with Crippen LogP contribution in [0.25, 0.3) is 5.69 Å². The van der Waals surface area contributed by atoms with Gasteiger partial charge in [0.15, 0.2) is 0 Å². The molecule has 3 N–H and O–H groups in total. The summed E-state index contributed by atoms with van der Waals surface area (Å²) < 4.78 is 1.49. The molecule has 0 atom stereocenters. The minimum atomic E-state index is -0.233. The topological polar surface area (TPSA) is 84.4 Å². The summed E-state index contributed by atoms with van der Waals surface area (Å²) in [6, 6.07) is 5.19. The maximum atomic E-state index is 13.1. The van der Waals surface area contributed by atoms with Crippen molar-refractivity contribution in [1.82, 2.24) is 9.55 Å². The Balaban J connectivity index is 2.00. The number of anilines is 1. The molecule has 0 spiro atoms. The second kappa shape index (κ2) is 7.80. The lowest BCUT2D eigenvalue weighted by Gasteiger charge is -2.40. The number of hydrogen-bond acceptors (Lipinski definition) is 5. The Labute approximate surface area is 168 Å². The molecule has 1 aliphatic rings. The van der Waals surface area contributed by atoms with E-state index in [4.69, 9.17) is 33.9 Å². The van der Waals surface area contributed by atoms with Crippen LogP contribution in [0.3, 0.4) is 0 Å². The van der Waals surface area contributed by atoms with Gasteiger partial charge in [-0.1, -0.05) is 29.3 Å². The number of hydrogen-bond donors (Lipinski definition) is 2. The van der Waals surface area contributed by atoms with Crippen LogP contribution in [0, 0.1) is 19.3 Å². The van der Waals surface area contributed by atoms with Crippen molar-refractivity contribution in [3.05, 3.63) is 50.0 Å². The van der Waals surface area contributed by atoms with Crippen LogP contribution in [0.15, 0.2) is 23.0 Å². The number of halogens is 2. The fourth-order valence-corrected chi connectivity index (χ4v) is 3.95. The molecule has 1 aromatic heterocycles. The molecule has 0 amide bonds. The standard InChI is InChI=1S/C19H24Cl2N4O2/c1-12-17(24-8-6-19(10-22,11-26)7-9-24)23-13(2)25(18(12)27)15-5-3-4-14(20)16(15)21/h3-5,26H,6-11,22H2,1-2H3. The molecular formula is C19H24Cl2N4O2. The number of aliphatic hydroxyl groups excluding tert-OH is 1. The third kappa shape index (κ3) is 3.59. The number of benzene rings is 1. The fraction of sp³-hybridized carbons (Fsp3) is 0.474. The first-order valence-electron chi connectivity index (χ1n) is 8.94. The number of nitrogens with two attached hydrogens (primary N) is 1. The summed E-state index contributed by atoms with van der Waals surface area (Å²) in [5, 5.41) is 10.4. The summed E-state index contributed by atoms with van der Waals surface area (Å²) in [6.45, 7) is 5.49. The second-order valence-electron chi connectivity index (χ2n) is 7.17. The Morgan fingerprint density at radius 2 is 1.93 bits per heavy atom. The summed E-state index contributed by atoms with van der Waals surface area (Å²) in [7, 11) is 0. The molecule has 0 aliphatic carbocycles. The SMILES string of the molecule is Cc1c(N2CCC(CN)(CO)CC2)nc(C)n(-c2cccc(Cl)c2Cl)c1=O. The van der Waals surface area contributed by atoms with E-state index in [1.807, 2.05) is 0 Å². The quantitative estimate of drug-likeness (QED) is 0.808. The summed E-state index contributed by atoms with van der Waals surface area (Å²) in [5.41, 5.74) is 6.53. The van der Waals surface area contributed by atoms with Gasteiger partial charge in [-0.05, 0) is 38.8 Å². The molecule has 0 radical (unpaired) electrons. The maximum Gasteiger partial charge on any atom is 0.263 e. The average Bonchev–Trinajstić information content (AvgIpc) is 2.68. The number of aliphatic hydroxyl groups is 1. The van der Waals surface area contributed by atoms with Gasteiger partial charge in [0.05, 0.1) is 27.9 Å². The smallest absolute Gasteiger partial charge is 0.263 e. The zero-order chi connectivity index (χ0) is 19.8. The van der Waals surface area contributed by atoms with Crippen molar-refractivity contribution >= 4 is 29.0 Å². The second-order valence-corrected chi connectivity index (χ2v) is 7.96. The zero-order valence-corrected chi connectivity index (χ0v) is 17.0. The van der Waals surface area contributed by atoms with Crippen LogP contribution < -0.4 is 16.2 Å². The maximum absolute atomic E-state index is 13.1. The molecule has 6 nitrogen and oxygen atoms in total. The van der Waals surface area contributed by atoms with Gasteiger partial charge in [0, 0.05) is 25.0 Å². The normalized spacial score (nSPS) is 16.6. The van der Waals surface area contributed by atoms with E-state index >= 15 is 0 Å². The van der Waals surface area contributed by atoms with Crippen molar-refractivity contribution in [2.45, 2.75) is 26.7 Å². The molecule has 1 aromatic carbocycles. The zero-order valence-electron chi connectivity index (χ0n) is 15.5. The van der Waals surface area contributed by atoms with E-state index in [0.29, 0.717) is 52.6 Å². The van der Waals surface area contributed by atoms with Crippen LogP contribution in [0.1, 0.15) is 24.2 Å². The minimum Gasteiger partial charge on any atom is -0.396 e. The van der Waals surface area contributed by atoms with E-state index in [2.05, 4.69) is 4.90 Å². The minimum absolute atomic E-state index is 0.0810. The van der Waals surface area contributed by atoms with Gasteiger partial charge in [0.2, 0.25) is 0 Å². The molecule has 1 aliphatic heterocycles. The monoisotopic (exact) mass is 410 g/mol. The third-order valence-corrected chi connectivity index (χ3v) is 6.32. The third-order valence-electron chi connectivity index (χ3n) is 5.51. The molecule has 1 fully saturated rings. The highest BCUT2D eigenvalue weighted by atomic mass is 35.5. The summed E-state index contributed by atoms with van der Waals surface area (Å²) in [5.74, 6) is 1.22. The van der Waals surface area contributed by atoms with Crippen LogP contribution in [0.5, 0.6) is 0 Å². The highest BCUT2D eigenvalue weighted by Crippen LogP contribution is 2.33. The summed E-state index contributed by atoms with van der Waals surface area (Å²) in [6.07, 6.45) is 1.53. The van der Waals surface area contributed by atoms with E-state index in [9.17, 15) is 9.90 Å². The van der Waals surface area contributed by atoms with Gasteiger partial charge in [0.1, 0.15) is 11.6 Å². The molecule has 0 saturated carbocycles. The first-order chi connectivity index (χ1) is 12.8. The van der Waals surface area contributed by atoms with E-state index in [1.54, 1.807) is 32.0 Å². The highest BCUT2D eigenvalue weighted by Gasteiger charge is 2.34. The van der Waals surface area contributed by atoms with Gasteiger partial charge in [-0.25, -0.2) is 4.98 Å². The summed E-state index contributed by atoms with van der Waals surface area (Å²) in [4.78, 5) is 19.9. The largest absolute Gasteiger partial charge is 0.396 e. The first-order valence-corrected chi connectivity index (χ1v) is 9.69. The van der Waals surface area contributed by atoms with Crippen molar-refractivity contribution in [2.24, 2.45) is 11.1 Å². The van der Waals surface area contributed by atoms with Gasteiger partial charge in [-0.3, -0.25) is 9.36 Å². The Kier molecular flexibility index (Phi) is 5.82. The number of aromatic nitrogens is 2. The molecular weight excluding hydrogens is 387 g/mol. The molecule has 8 heteroatoms. The van der Waals surface area contributed by atoms with Crippen LogP contribution >= 0.6 is 23.2 Å². The van der Waals surface area contributed by atoms with E-state index in [1.165, 1.54) is 4.57 Å². The molecule has 146 valence electrons. The van der Waals surface area contributed by atoms with Crippen molar-refractivity contribution in [3.63, 3.8) is 0 Å². The van der Waals surface area contributed by atoms with Gasteiger partial charge in [-0.2, -0.15) is 0 Å². The summed E-state index contributed by atoms with van der Waals surface area (Å²) >= 11 is 12.4. The highest BCUT2D eigenvalue weighted by molar-refractivity contribution is 6.43. The Hall–Kier alpha value is -1.60. The average molecular weight is 411 g/mol. The van der Waals surface area contributed by atoms with Crippen molar-refractivity contribution in [2.75, 3.05) is 31.1 Å². The van der Waals surface area contributed by atoms with Gasteiger partial charge in [-0.15, -0.1) is 0 Å². The van der Waals surface area contributed by atoms with E-state index in [0.717, 1.165) is 12.8 Å². The lowest BCUT2D eigenvalue weighted by molar-refractivity contribution is 0.104. The van der Waals surface area contributed by atoms with Gasteiger partial charge >= 0.3 is 0 Å². The van der Waals surface area contributed by atoms with Crippen molar-refractivity contribution < 1.29 is 5.11 Å². The Morgan fingerprint density at radius 3 is 2.52 bits per heavy atom. The van der Waals surface area contributed by atoms with Crippen LogP contribution in [0.4, 0.5) is 5.82 Å². The molecule has 1 saturated heterocycles. The van der Waals surface area contributed by atoms with Gasteiger partial charge < -0.3 is 15.7 Å². The van der Waals surface area contributed by atoms with E-state index in [-0.39, 0.29) is 17.6 Å². The Morgan fingerprint density at radius 1 is 1.26 bits per heavy atom. The lowest BCUT2D eigenvalue weighted by Crippen LogP contribution is -2.47. The van der Waals surface area contributed by atoms with Crippen molar-refractivity contribution in [3.8, 4) is 5.69 Å². The number of aryl methyl sites for hydroxylation is 1. The lowest BCUT2D eigenvalue weighted by atomic mass is 9.79. The number of nitrogens with zero attached hydrogens (tertiary/aromatic N) is 3. The van der Waals surface area contributed by atoms with Crippen LogP contribution in [-0.4, -0.2) is 40.9 Å². The van der Waals surface area contributed by atoms with Crippen LogP contribution in [-0.2, 0) is 0 Å². The van der Waals surface area contributed by atoms with Crippen molar-refractivity contribution in [1.29, 1.82) is 0 Å². The first kappa shape index (κ1) is 20.1. The van der Waals surface area contributed by atoms with Gasteiger partial charge in [0.25, 0.3) is 5.56 Å². The van der Waals surface area contributed by atoms with Crippen LogP contribution in [0.2, 0.25) is 10.0 Å². The molecule has 2 aromatic rings. The molecule has 27 heavy (non-hydrogen) atoms.